The number of benzene rings is 2. The van der Waals surface area contributed by atoms with E-state index in [1.54, 1.807) is 12.1 Å². The van der Waals surface area contributed by atoms with Crippen LogP contribution in [0.4, 0.5) is 10.1 Å². The van der Waals surface area contributed by atoms with Crippen LogP contribution in [0.1, 0.15) is 22.1 Å². The van der Waals surface area contributed by atoms with E-state index >= 15 is 0 Å². The Morgan fingerprint density at radius 2 is 2.00 bits per heavy atom. The van der Waals surface area contributed by atoms with Crippen molar-refractivity contribution < 1.29 is 13.9 Å². The zero-order valence-corrected chi connectivity index (χ0v) is 10.4. The molecule has 1 N–H and O–H groups in total. The number of fused-ring (bicyclic) bond motifs is 1. The number of ether oxygens (including phenoxy) is 1. The molecule has 0 aromatic heterocycles. The Labute approximate surface area is 114 Å². The Hall–Kier alpha value is -2.07. The van der Waals surface area contributed by atoms with Gasteiger partial charge in [0.15, 0.2) is 0 Å². The van der Waals surface area contributed by atoms with Gasteiger partial charge in [-0.1, -0.05) is 29.8 Å². The Bertz CT molecular complexity index is 660. The van der Waals surface area contributed by atoms with Crippen LogP contribution in [0.5, 0.6) is 0 Å². The molecule has 1 aliphatic heterocycles. The largest absolute Gasteiger partial charge is 0.434 e. The average Bonchev–Trinajstić information content (AvgIpc) is 2.72. The fraction of sp³-hybridized carbons (Fsp3) is 0.0714. The van der Waals surface area contributed by atoms with Crippen molar-refractivity contribution in [2.24, 2.45) is 0 Å². The highest BCUT2D eigenvalue weighted by atomic mass is 35.5. The number of carbonyl (C=O) groups excluding carboxylic acids is 1. The minimum absolute atomic E-state index is 0.0163. The van der Waals surface area contributed by atoms with E-state index in [4.69, 9.17) is 16.3 Å². The van der Waals surface area contributed by atoms with Gasteiger partial charge < -0.3 is 10.1 Å². The van der Waals surface area contributed by atoms with E-state index in [2.05, 4.69) is 5.32 Å². The zero-order chi connectivity index (χ0) is 13.4. The fourth-order valence-electron chi connectivity index (χ4n) is 1.99. The molecule has 0 unspecified atom stereocenters. The van der Waals surface area contributed by atoms with Crippen LogP contribution in [0.15, 0.2) is 42.5 Å². The molecule has 0 fully saturated rings. The molecule has 2 aromatic carbocycles. The maximum Gasteiger partial charge on any atom is 0.340 e. The van der Waals surface area contributed by atoms with E-state index in [1.807, 2.05) is 12.1 Å². The first-order chi connectivity index (χ1) is 9.15. The number of anilines is 1. The van der Waals surface area contributed by atoms with E-state index in [0.29, 0.717) is 11.3 Å². The number of esters is 1. The molecule has 5 heteroatoms. The summed E-state index contributed by atoms with van der Waals surface area (Å²) < 4.78 is 18.3. The minimum Gasteiger partial charge on any atom is -0.434 e. The van der Waals surface area contributed by atoms with Crippen molar-refractivity contribution in [3.63, 3.8) is 0 Å². The normalized spacial score (nSPS) is 16.9. The lowest BCUT2D eigenvalue weighted by Gasteiger charge is -2.14. The Balaban J connectivity index is 1.89. The van der Waals surface area contributed by atoms with Crippen molar-refractivity contribution in [1.29, 1.82) is 0 Å². The highest BCUT2D eigenvalue weighted by Crippen LogP contribution is 2.32. The van der Waals surface area contributed by atoms with Gasteiger partial charge in [-0.15, -0.1) is 0 Å². The zero-order valence-electron chi connectivity index (χ0n) is 9.69. The molecule has 1 heterocycles. The number of rotatable bonds is 2. The van der Waals surface area contributed by atoms with Crippen molar-refractivity contribution >= 4 is 23.3 Å². The van der Waals surface area contributed by atoms with Crippen LogP contribution in [0.2, 0.25) is 5.02 Å². The number of halogens is 2. The van der Waals surface area contributed by atoms with Gasteiger partial charge in [-0.2, -0.15) is 0 Å². The molecule has 3 rings (SSSR count). The lowest BCUT2D eigenvalue weighted by molar-refractivity contribution is 0.0437. The van der Waals surface area contributed by atoms with Crippen LogP contribution in [-0.2, 0) is 4.74 Å². The summed E-state index contributed by atoms with van der Waals surface area (Å²) in [5.41, 5.74) is 1.88. The van der Waals surface area contributed by atoms with Crippen molar-refractivity contribution in [3.05, 3.63) is 64.4 Å². The molecular formula is C14H9ClFNO2. The molecule has 0 spiro atoms. The molecule has 0 radical (unpaired) electrons. The van der Waals surface area contributed by atoms with E-state index in [1.165, 1.54) is 18.2 Å². The first-order valence-electron chi connectivity index (χ1n) is 5.66. The van der Waals surface area contributed by atoms with Crippen molar-refractivity contribution in [2.45, 2.75) is 6.23 Å². The molecule has 1 aliphatic rings. The van der Waals surface area contributed by atoms with E-state index in [9.17, 15) is 9.18 Å². The van der Waals surface area contributed by atoms with Crippen LogP contribution in [-0.4, -0.2) is 5.97 Å². The quantitative estimate of drug-likeness (QED) is 0.850. The van der Waals surface area contributed by atoms with Crippen LogP contribution in [0.25, 0.3) is 0 Å². The van der Waals surface area contributed by atoms with Gasteiger partial charge in [0.25, 0.3) is 0 Å². The molecule has 0 bridgehead atoms. The van der Waals surface area contributed by atoms with E-state index in [0.717, 1.165) is 5.56 Å². The molecule has 3 nitrogen and oxygen atoms in total. The lowest BCUT2D eigenvalue weighted by Crippen LogP contribution is -2.10. The smallest absolute Gasteiger partial charge is 0.340 e. The van der Waals surface area contributed by atoms with Gasteiger partial charge >= 0.3 is 5.97 Å². The third-order valence-electron chi connectivity index (χ3n) is 2.91. The topological polar surface area (TPSA) is 38.3 Å². The molecule has 0 amide bonds. The summed E-state index contributed by atoms with van der Waals surface area (Å²) in [6.45, 7) is 0. The third-order valence-corrected chi connectivity index (χ3v) is 3.20. The third kappa shape index (κ3) is 2.15. The Morgan fingerprint density at radius 1 is 1.21 bits per heavy atom. The Kier molecular flexibility index (Phi) is 2.87. The Morgan fingerprint density at radius 3 is 2.79 bits per heavy atom. The summed E-state index contributed by atoms with van der Waals surface area (Å²) in [6, 6.07) is 11.4. The maximum atomic E-state index is 13.1. The predicted octanol–water partition coefficient (Wildman–Crippen LogP) is 3.76. The molecule has 2 aromatic rings. The highest BCUT2D eigenvalue weighted by molar-refractivity contribution is 6.31. The number of cyclic esters (lactones) is 1. The van der Waals surface area contributed by atoms with Gasteiger partial charge in [-0.3, -0.25) is 0 Å². The monoisotopic (exact) mass is 277 g/mol. The first-order valence-corrected chi connectivity index (χ1v) is 6.04. The molecule has 0 saturated carbocycles. The van der Waals surface area contributed by atoms with E-state index in [-0.39, 0.29) is 11.0 Å². The van der Waals surface area contributed by atoms with E-state index < -0.39 is 12.0 Å². The van der Waals surface area contributed by atoms with Crippen molar-refractivity contribution in [2.75, 3.05) is 5.32 Å². The summed E-state index contributed by atoms with van der Waals surface area (Å²) in [4.78, 5) is 11.6. The summed E-state index contributed by atoms with van der Waals surface area (Å²) in [5, 5.41) is 3.02. The minimum atomic E-state index is -0.578. The molecule has 96 valence electrons. The van der Waals surface area contributed by atoms with Gasteiger partial charge in [-0.05, 0) is 24.3 Å². The SMILES string of the molecule is O=C1O[C@H](Nc2ccc(F)c(Cl)c2)c2ccccc21. The van der Waals surface area contributed by atoms with Crippen molar-refractivity contribution in [1.82, 2.24) is 0 Å². The lowest BCUT2D eigenvalue weighted by atomic mass is 10.1. The van der Waals surface area contributed by atoms with Gasteiger partial charge in [0, 0.05) is 11.3 Å². The van der Waals surface area contributed by atoms with Crippen LogP contribution >= 0.6 is 11.6 Å². The van der Waals surface area contributed by atoms with Gasteiger partial charge in [-0.25, -0.2) is 9.18 Å². The first kappa shape index (κ1) is 12.0. The van der Waals surface area contributed by atoms with Crippen molar-refractivity contribution in [3.8, 4) is 0 Å². The van der Waals surface area contributed by atoms with Gasteiger partial charge in [0.05, 0.1) is 10.6 Å². The molecule has 0 saturated heterocycles. The summed E-state index contributed by atoms with van der Waals surface area (Å²) in [5.74, 6) is -0.864. The molecule has 0 aliphatic carbocycles. The van der Waals surface area contributed by atoms with Crippen LogP contribution < -0.4 is 5.32 Å². The number of hydrogen-bond donors (Lipinski definition) is 1. The molecule has 19 heavy (non-hydrogen) atoms. The fourth-order valence-corrected chi connectivity index (χ4v) is 2.17. The second kappa shape index (κ2) is 4.55. The van der Waals surface area contributed by atoms with Crippen LogP contribution in [0, 0.1) is 5.82 Å². The summed E-state index contributed by atoms with van der Waals surface area (Å²) >= 11 is 5.71. The second-order valence-electron chi connectivity index (χ2n) is 4.15. The second-order valence-corrected chi connectivity index (χ2v) is 4.55. The molecule has 1 atom stereocenters. The number of hydrogen-bond acceptors (Lipinski definition) is 3. The summed E-state index contributed by atoms with van der Waals surface area (Å²) in [7, 11) is 0. The van der Waals surface area contributed by atoms with Gasteiger partial charge in [0.1, 0.15) is 5.82 Å². The summed E-state index contributed by atoms with van der Waals surface area (Å²) in [6.07, 6.45) is -0.578. The average molecular weight is 278 g/mol. The predicted molar refractivity (Wildman–Crippen MR) is 69.6 cm³/mol. The van der Waals surface area contributed by atoms with Crippen LogP contribution in [0.3, 0.4) is 0 Å². The maximum absolute atomic E-state index is 13.1. The number of carbonyl (C=O) groups is 1. The highest BCUT2D eigenvalue weighted by Gasteiger charge is 2.30. The molecular weight excluding hydrogens is 269 g/mol. The van der Waals surface area contributed by atoms with Gasteiger partial charge in [0.2, 0.25) is 6.23 Å². The standard InChI is InChI=1S/C14H9ClFNO2/c15-11-7-8(5-6-12(11)16)17-13-9-3-1-2-4-10(9)14(18)19-13/h1-7,13,17H/t13-/m0/s1. The number of nitrogens with one attached hydrogen (secondary N) is 1.